The Hall–Kier alpha value is -3.09. The number of likely N-dealkylation sites (N-methyl/N-ethyl adjacent to an activating group) is 1. The third-order valence-corrected chi connectivity index (χ3v) is 3.63. The molecule has 0 spiro atoms. The number of aromatic nitrogens is 4. The van der Waals surface area contributed by atoms with Crippen molar-refractivity contribution in [2.45, 2.75) is 13.0 Å². The molecule has 24 heavy (non-hydrogen) atoms. The van der Waals surface area contributed by atoms with Gasteiger partial charge in [-0.25, -0.2) is 0 Å². The van der Waals surface area contributed by atoms with Crippen LogP contribution in [0.3, 0.4) is 0 Å². The van der Waals surface area contributed by atoms with E-state index in [0.717, 1.165) is 23.4 Å². The van der Waals surface area contributed by atoms with Crippen LogP contribution in [0.15, 0.2) is 48.8 Å². The Bertz CT molecular complexity index is 767. The van der Waals surface area contributed by atoms with Crippen LogP contribution in [0.1, 0.15) is 21.7 Å². The maximum Gasteiger partial charge on any atom is 0.274 e. The average molecular weight is 325 g/mol. The number of hydrogen-bond acceptors (Lipinski definition) is 4. The summed E-state index contributed by atoms with van der Waals surface area (Å²) in [5.74, 6) is 0.651. The van der Waals surface area contributed by atoms with E-state index in [9.17, 15) is 4.79 Å². The molecule has 0 fully saturated rings. The zero-order valence-electron chi connectivity index (χ0n) is 13.4. The molecule has 0 atom stereocenters. The van der Waals surface area contributed by atoms with Crippen molar-refractivity contribution in [1.82, 2.24) is 25.3 Å². The minimum atomic E-state index is -0.124. The number of ether oxygens (including phenoxy) is 1. The first kappa shape index (κ1) is 15.8. The summed E-state index contributed by atoms with van der Waals surface area (Å²) in [6.45, 7) is 0.935. The second-order valence-corrected chi connectivity index (χ2v) is 5.46. The summed E-state index contributed by atoms with van der Waals surface area (Å²) in [5.41, 5.74) is 2.20. The summed E-state index contributed by atoms with van der Waals surface area (Å²) in [6, 6.07) is 11.2. The number of H-pyrrole nitrogens is 2. The summed E-state index contributed by atoms with van der Waals surface area (Å²) in [6.07, 6.45) is 4.32. The average Bonchev–Trinajstić information content (AvgIpc) is 3.30. The quantitative estimate of drug-likeness (QED) is 0.696. The Morgan fingerprint density at radius 1 is 1.29 bits per heavy atom. The Morgan fingerprint density at radius 3 is 2.88 bits per heavy atom. The molecule has 0 aliphatic heterocycles. The largest absolute Gasteiger partial charge is 0.487 e. The monoisotopic (exact) mass is 325 g/mol. The minimum Gasteiger partial charge on any atom is -0.487 e. The molecule has 3 aromatic rings. The van der Waals surface area contributed by atoms with E-state index in [0.29, 0.717) is 18.8 Å². The Labute approximate surface area is 139 Å². The normalized spacial score (nSPS) is 10.5. The number of para-hydroxylation sites is 1. The number of carbonyl (C=O) groups excluding carboxylic acids is 1. The lowest BCUT2D eigenvalue weighted by Crippen LogP contribution is -2.29. The van der Waals surface area contributed by atoms with E-state index in [1.165, 1.54) is 0 Å². The molecular weight excluding hydrogens is 306 g/mol. The van der Waals surface area contributed by atoms with E-state index in [4.69, 9.17) is 4.74 Å². The van der Waals surface area contributed by atoms with E-state index >= 15 is 0 Å². The van der Waals surface area contributed by atoms with Gasteiger partial charge in [0.15, 0.2) is 5.69 Å². The van der Waals surface area contributed by atoms with Crippen molar-refractivity contribution in [2.24, 2.45) is 0 Å². The summed E-state index contributed by atoms with van der Waals surface area (Å²) in [7, 11) is 1.76. The summed E-state index contributed by atoms with van der Waals surface area (Å²) in [4.78, 5) is 14.0. The first-order valence-electron chi connectivity index (χ1n) is 7.67. The van der Waals surface area contributed by atoms with Gasteiger partial charge in [-0.3, -0.25) is 15.0 Å². The van der Waals surface area contributed by atoms with Gasteiger partial charge in [-0.15, -0.1) is 0 Å². The van der Waals surface area contributed by atoms with Crippen LogP contribution in [-0.2, 0) is 13.0 Å². The fourth-order valence-corrected chi connectivity index (χ4v) is 2.23. The van der Waals surface area contributed by atoms with E-state index in [1.54, 1.807) is 24.2 Å². The van der Waals surface area contributed by atoms with E-state index in [-0.39, 0.29) is 5.91 Å². The van der Waals surface area contributed by atoms with Gasteiger partial charge < -0.3 is 9.64 Å². The lowest BCUT2D eigenvalue weighted by molar-refractivity contribution is 0.0791. The molecule has 3 rings (SSSR count). The van der Waals surface area contributed by atoms with Crippen LogP contribution in [0.25, 0.3) is 0 Å². The van der Waals surface area contributed by atoms with Gasteiger partial charge in [0.1, 0.15) is 12.4 Å². The first-order valence-corrected chi connectivity index (χ1v) is 7.67. The third-order valence-electron chi connectivity index (χ3n) is 3.63. The number of carbonyl (C=O) groups is 1. The number of nitrogens with one attached hydrogen (secondary N) is 2. The minimum absolute atomic E-state index is 0.124. The van der Waals surface area contributed by atoms with Crippen molar-refractivity contribution in [3.8, 4) is 5.75 Å². The van der Waals surface area contributed by atoms with Gasteiger partial charge >= 0.3 is 0 Å². The molecule has 0 saturated heterocycles. The molecular formula is C17H19N5O2. The van der Waals surface area contributed by atoms with E-state index < -0.39 is 0 Å². The molecule has 1 amide bonds. The second kappa shape index (κ2) is 7.45. The zero-order chi connectivity index (χ0) is 16.8. The fraction of sp³-hybridized carbons (Fsp3) is 0.235. The highest BCUT2D eigenvalue weighted by atomic mass is 16.5. The number of rotatable bonds is 7. The Balaban J connectivity index is 1.53. The van der Waals surface area contributed by atoms with Crippen molar-refractivity contribution in [1.29, 1.82) is 0 Å². The predicted octanol–water partition coefficient (Wildman–Crippen LogP) is 2.03. The van der Waals surface area contributed by atoms with Crippen LogP contribution in [0.2, 0.25) is 0 Å². The predicted molar refractivity (Wildman–Crippen MR) is 88.6 cm³/mol. The molecule has 0 aliphatic carbocycles. The SMILES string of the molecule is CN(CCc1cn[nH]c1)C(=O)c1cc(COc2ccccc2)[nH]n1. The standard InChI is InChI=1S/C17H19N5O2/c1-22(8-7-13-10-18-19-11-13)17(23)16-9-14(20-21-16)12-24-15-5-3-2-4-6-15/h2-6,9-11H,7-8,12H2,1H3,(H,18,19)(H,20,21). The zero-order valence-corrected chi connectivity index (χ0v) is 13.4. The summed E-state index contributed by atoms with van der Waals surface area (Å²) < 4.78 is 5.64. The number of benzene rings is 1. The molecule has 124 valence electrons. The molecule has 0 aliphatic rings. The number of nitrogens with zero attached hydrogens (tertiary/aromatic N) is 3. The van der Waals surface area contributed by atoms with Crippen molar-refractivity contribution in [2.75, 3.05) is 13.6 Å². The lowest BCUT2D eigenvalue weighted by Gasteiger charge is -2.14. The van der Waals surface area contributed by atoms with Gasteiger partial charge in [-0.1, -0.05) is 18.2 Å². The number of aromatic amines is 2. The van der Waals surface area contributed by atoms with Gasteiger partial charge in [0, 0.05) is 19.8 Å². The molecule has 2 N–H and O–H groups in total. The van der Waals surface area contributed by atoms with Crippen LogP contribution >= 0.6 is 0 Å². The fourth-order valence-electron chi connectivity index (χ4n) is 2.23. The van der Waals surface area contributed by atoms with Crippen molar-refractivity contribution >= 4 is 5.91 Å². The third kappa shape index (κ3) is 4.01. The van der Waals surface area contributed by atoms with Crippen molar-refractivity contribution in [3.05, 3.63) is 65.7 Å². The van der Waals surface area contributed by atoms with E-state index in [1.807, 2.05) is 36.5 Å². The van der Waals surface area contributed by atoms with Gasteiger partial charge in [-0.05, 0) is 30.2 Å². The van der Waals surface area contributed by atoms with Gasteiger partial charge in [0.25, 0.3) is 5.91 Å². The topological polar surface area (TPSA) is 86.9 Å². The molecule has 0 radical (unpaired) electrons. The highest BCUT2D eigenvalue weighted by molar-refractivity contribution is 5.92. The molecule has 2 heterocycles. The summed E-state index contributed by atoms with van der Waals surface area (Å²) in [5, 5.41) is 13.6. The van der Waals surface area contributed by atoms with Crippen LogP contribution in [0.5, 0.6) is 5.75 Å². The lowest BCUT2D eigenvalue weighted by atomic mass is 10.2. The van der Waals surface area contributed by atoms with Gasteiger partial charge in [0.05, 0.1) is 11.9 Å². The molecule has 1 aromatic carbocycles. The molecule has 7 nitrogen and oxygen atoms in total. The molecule has 7 heteroatoms. The van der Waals surface area contributed by atoms with Crippen molar-refractivity contribution in [3.63, 3.8) is 0 Å². The smallest absolute Gasteiger partial charge is 0.274 e. The van der Waals surface area contributed by atoms with Crippen LogP contribution in [0.4, 0.5) is 0 Å². The molecule has 0 bridgehead atoms. The number of hydrogen-bond donors (Lipinski definition) is 2. The molecule has 2 aromatic heterocycles. The summed E-state index contributed by atoms with van der Waals surface area (Å²) >= 11 is 0. The van der Waals surface area contributed by atoms with Crippen LogP contribution in [0, 0.1) is 0 Å². The van der Waals surface area contributed by atoms with Crippen LogP contribution in [-0.4, -0.2) is 44.8 Å². The van der Waals surface area contributed by atoms with Gasteiger partial charge in [-0.2, -0.15) is 10.2 Å². The molecule has 0 unspecified atom stereocenters. The Morgan fingerprint density at radius 2 is 2.12 bits per heavy atom. The highest BCUT2D eigenvalue weighted by Crippen LogP contribution is 2.11. The second-order valence-electron chi connectivity index (χ2n) is 5.46. The maximum atomic E-state index is 12.4. The number of amides is 1. The van der Waals surface area contributed by atoms with E-state index in [2.05, 4.69) is 20.4 Å². The van der Waals surface area contributed by atoms with Crippen LogP contribution < -0.4 is 4.74 Å². The molecule has 0 saturated carbocycles. The Kier molecular flexibility index (Phi) is 4.90. The first-order chi connectivity index (χ1) is 11.7. The van der Waals surface area contributed by atoms with Crippen molar-refractivity contribution < 1.29 is 9.53 Å². The van der Waals surface area contributed by atoms with Gasteiger partial charge in [0.2, 0.25) is 0 Å². The maximum absolute atomic E-state index is 12.4. The highest BCUT2D eigenvalue weighted by Gasteiger charge is 2.15.